The van der Waals surface area contributed by atoms with Crippen molar-refractivity contribution in [1.29, 1.82) is 0 Å². The predicted octanol–water partition coefficient (Wildman–Crippen LogP) is 4.11. The highest BCUT2D eigenvalue weighted by Gasteiger charge is 2.30. The summed E-state index contributed by atoms with van der Waals surface area (Å²) in [7, 11) is 3.24. The molecule has 0 aliphatic carbocycles. The van der Waals surface area contributed by atoms with Crippen molar-refractivity contribution in [3.8, 4) is 17.3 Å². The molecular formula is C23H20F3N7O2. The molecule has 1 atom stereocenters. The molecule has 1 aliphatic heterocycles. The van der Waals surface area contributed by atoms with E-state index in [0.29, 0.717) is 28.8 Å². The fraction of sp³-hybridized carbons (Fsp3) is 0.217. The van der Waals surface area contributed by atoms with Gasteiger partial charge < -0.3 is 19.7 Å². The zero-order chi connectivity index (χ0) is 24.7. The molecule has 0 fully saturated rings. The first-order valence-electron chi connectivity index (χ1n) is 10.5. The lowest BCUT2D eigenvalue weighted by Crippen LogP contribution is -2.34. The Kier molecular flexibility index (Phi) is 5.63. The number of benzene rings is 1. The number of halogens is 3. The van der Waals surface area contributed by atoms with Crippen LogP contribution in [0.1, 0.15) is 17.3 Å². The standard InChI is InChI=1S/C23H20F3N7O2/c1-12-9-33(11-29-12)21-18(34-3)6-14(7-27-21)30-23-28-8-19-22(31-23)32(2)17(10-35-19)13-4-15(24)20(26)16(25)5-13/h4-9,11,17H,10H2,1-3H3,(H,28,30,31). The van der Waals surface area contributed by atoms with Crippen molar-refractivity contribution in [2.75, 3.05) is 31.0 Å². The summed E-state index contributed by atoms with van der Waals surface area (Å²) in [5.74, 6) is -1.92. The molecule has 1 aromatic carbocycles. The Balaban J connectivity index is 1.41. The number of methoxy groups -OCH3 is 1. The van der Waals surface area contributed by atoms with Crippen LogP contribution in [0.2, 0.25) is 0 Å². The first-order chi connectivity index (χ1) is 16.8. The van der Waals surface area contributed by atoms with Gasteiger partial charge in [-0.25, -0.2) is 28.1 Å². The minimum absolute atomic E-state index is 0.0838. The molecule has 4 aromatic rings. The molecule has 1 aliphatic rings. The zero-order valence-corrected chi connectivity index (χ0v) is 19.0. The monoisotopic (exact) mass is 483 g/mol. The summed E-state index contributed by atoms with van der Waals surface area (Å²) in [5.41, 5.74) is 1.64. The molecule has 0 amide bonds. The SMILES string of the molecule is COc1cc(Nc2ncc3c(n2)N(C)C(c2cc(F)c(F)c(F)c2)CO3)cnc1-n1cnc(C)c1. The first-order valence-corrected chi connectivity index (χ1v) is 10.5. The summed E-state index contributed by atoms with van der Waals surface area (Å²) >= 11 is 0. The summed E-state index contributed by atoms with van der Waals surface area (Å²) in [6.07, 6.45) is 6.57. The van der Waals surface area contributed by atoms with Gasteiger partial charge in [-0.05, 0) is 24.6 Å². The average Bonchev–Trinajstić information content (AvgIpc) is 3.28. The van der Waals surface area contributed by atoms with Crippen molar-refractivity contribution in [2.24, 2.45) is 0 Å². The van der Waals surface area contributed by atoms with Gasteiger partial charge in [0.15, 0.2) is 40.6 Å². The lowest BCUT2D eigenvalue weighted by atomic mass is 10.0. The van der Waals surface area contributed by atoms with Crippen LogP contribution < -0.4 is 19.7 Å². The number of nitrogens with zero attached hydrogens (tertiary/aromatic N) is 6. The second kappa shape index (κ2) is 8.78. The molecule has 5 rings (SSSR count). The molecule has 1 N–H and O–H groups in total. The Labute approximate surface area is 198 Å². The fourth-order valence-electron chi connectivity index (χ4n) is 3.81. The third-order valence-corrected chi connectivity index (χ3v) is 5.59. The lowest BCUT2D eigenvalue weighted by Gasteiger charge is -2.35. The highest BCUT2D eigenvalue weighted by atomic mass is 19.2. The van der Waals surface area contributed by atoms with E-state index in [9.17, 15) is 13.2 Å². The van der Waals surface area contributed by atoms with E-state index in [1.807, 2.05) is 13.1 Å². The van der Waals surface area contributed by atoms with Crippen LogP contribution in [-0.4, -0.2) is 45.3 Å². The van der Waals surface area contributed by atoms with E-state index in [-0.39, 0.29) is 18.1 Å². The Hall–Kier alpha value is -4.35. The van der Waals surface area contributed by atoms with Gasteiger partial charge in [-0.15, -0.1) is 0 Å². The largest absolute Gasteiger partial charge is 0.493 e. The average molecular weight is 483 g/mol. The normalized spacial score (nSPS) is 14.9. The smallest absolute Gasteiger partial charge is 0.229 e. The van der Waals surface area contributed by atoms with E-state index in [4.69, 9.17) is 9.47 Å². The van der Waals surface area contributed by atoms with E-state index in [0.717, 1.165) is 17.8 Å². The van der Waals surface area contributed by atoms with Crippen LogP contribution in [0.5, 0.6) is 11.5 Å². The van der Waals surface area contributed by atoms with E-state index in [2.05, 4.69) is 25.3 Å². The maximum atomic E-state index is 13.8. The number of fused-ring (bicyclic) bond motifs is 1. The second-order valence-electron chi connectivity index (χ2n) is 7.91. The molecule has 1 unspecified atom stereocenters. The van der Waals surface area contributed by atoms with Crippen molar-refractivity contribution < 1.29 is 22.6 Å². The van der Waals surface area contributed by atoms with Gasteiger partial charge in [0, 0.05) is 19.3 Å². The molecule has 4 heterocycles. The zero-order valence-electron chi connectivity index (χ0n) is 19.0. The maximum Gasteiger partial charge on any atom is 0.229 e. The summed E-state index contributed by atoms with van der Waals surface area (Å²) in [6.45, 7) is 1.96. The highest BCUT2D eigenvalue weighted by Crippen LogP contribution is 2.38. The van der Waals surface area contributed by atoms with Crippen LogP contribution in [-0.2, 0) is 0 Å². The van der Waals surface area contributed by atoms with E-state index in [1.165, 1.54) is 13.3 Å². The van der Waals surface area contributed by atoms with Crippen LogP contribution in [0.4, 0.5) is 30.6 Å². The van der Waals surface area contributed by atoms with Gasteiger partial charge >= 0.3 is 0 Å². The van der Waals surface area contributed by atoms with E-state index < -0.39 is 23.5 Å². The minimum Gasteiger partial charge on any atom is -0.493 e. The molecule has 0 spiro atoms. The number of likely N-dealkylation sites (N-methyl/N-ethyl adjacent to an activating group) is 1. The number of ether oxygens (including phenoxy) is 2. The topological polar surface area (TPSA) is 90.2 Å². The quantitative estimate of drug-likeness (QED) is 0.425. The Morgan fingerprint density at radius 3 is 2.51 bits per heavy atom. The number of aryl methyl sites for hydroxylation is 1. The number of hydrogen-bond donors (Lipinski definition) is 1. The van der Waals surface area contributed by atoms with Gasteiger partial charge in [-0.2, -0.15) is 4.98 Å². The van der Waals surface area contributed by atoms with E-state index >= 15 is 0 Å². The van der Waals surface area contributed by atoms with Crippen LogP contribution in [0, 0.1) is 24.4 Å². The van der Waals surface area contributed by atoms with Gasteiger partial charge in [-0.3, -0.25) is 4.57 Å². The summed E-state index contributed by atoms with van der Waals surface area (Å²) in [6, 6.07) is 3.06. The third kappa shape index (κ3) is 4.18. The number of anilines is 3. The Morgan fingerprint density at radius 2 is 1.83 bits per heavy atom. The number of imidazole rings is 1. The third-order valence-electron chi connectivity index (χ3n) is 5.59. The highest BCUT2D eigenvalue weighted by molar-refractivity contribution is 5.62. The van der Waals surface area contributed by atoms with Crippen molar-refractivity contribution in [1.82, 2.24) is 24.5 Å². The van der Waals surface area contributed by atoms with Gasteiger partial charge in [0.25, 0.3) is 0 Å². The van der Waals surface area contributed by atoms with Gasteiger partial charge in [0.2, 0.25) is 5.95 Å². The first kappa shape index (κ1) is 22.4. The summed E-state index contributed by atoms with van der Waals surface area (Å²) in [4.78, 5) is 19.1. The van der Waals surface area contributed by atoms with E-state index in [1.54, 1.807) is 35.1 Å². The van der Waals surface area contributed by atoms with Crippen molar-refractivity contribution in [3.05, 3.63) is 71.8 Å². The molecule has 180 valence electrons. The summed E-state index contributed by atoms with van der Waals surface area (Å²) in [5, 5.41) is 3.07. The van der Waals surface area contributed by atoms with Crippen molar-refractivity contribution in [2.45, 2.75) is 13.0 Å². The lowest BCUT2D eigenvalue weighted by molar-refractivity contribution is 0.264. The van der Waals surface area contributed by atoms with Crippen LogP contribution in [0.15, 0.2) is 43.1 Å². The molecule has 0 saturated carbocycles. The second-order valence-corrected chi connectivity index (χ2v) is 7.91. The molecule has 0 saturated heterocycles. The van der Waals surface area contributed by atoms with Gasteiger partial charge in [0.1, 0.15) is 12.9 Å². The van der Waals surface area contributed by atoms with Crippen molar-refractivity contribution in [3.63, 3.8) is 0 Å². The van der Waals surface area contributed by atoms with Crippen LogP contribution in [0.3, 0.4) is 0 Å². The number of pyridine rings is 1. The predicted molar refractivity (Wildman–Crippen MR) is 121 cm³/mol. The van der Waals surface area contributed by atoms with Crippen molar-refractivity contribution >= 4 is 17.5 Å². The number of rotatable bonds is 5. The fourth-order valence-corrected chi connectivity index (χ4v) is 3.81. The molecule has 0 bridgehead atoms. The maximum absolute atomic E-state index is 13.8. The molecule has 0 radical (unpaired) electrons. The number of hydrogen-bond acceptors (Lipinski definition) is 8. The molecule has 35 heavy (non-hydrogen) atoms. The minimum atomic E-state index is -1.51. The Morgan fingerprint density at radius 1 is 1.06 bits per heavy atom. The molecular weight excluding hydrogens is 463 g/mol. The van der Waals surface area contributed by atoms with Gasteiger partial charge in [-0.1, -0.05) is 0 Å². The number of aromatic nitrogens is 5. The number of nitrogens with one attached hydrogen (secondary N) is 1. The summed E-state index contributed by atoms with van der Waals surface area (Å²) < 4.78 is 53.9. The molecule has 9 nitrogen and oxygen atoms in total. The Bertz CT molecular complexity index is 1390. The van der Waals surface area contributed by atoms with Crippen LogP contribution in [0.25, 0.3) is 5.82 Å². The van der Waals surface area contributed by atoms with Crippen LogP contribution >= 0.6 is 0 Å². The molecule has 12 heteroatoms. The van der Waals surface area contributed by atoms with Gasteiger partial charge in [0.05, 0.1) is 36.9 Å². The molecule has 3 aromatic heterocycles.